The van der Waals surface area contributed by atoms with Crippen LogP contribution in [0.4, 0.5) is 13.2 Å². The van der Waals surface area contributed by atoms with Gasteiger partial charge in [-0.3, -0.25) is 4.79 Å². The lowest BCUT2D eigenvalue weighted by Gasteiger charge is -2.12. The zero-order valence-electron chi connectivity index (χ0n) is 15.4. The summed E-state index contributed by atoms with van der Waals surface area (Å²) in [7, 11) is 1.51. The molecule has 2 aromatic rings. The number of carbonyl (C=O) groups excluding carboxylic acids is 1. The summed E-state index contributed by atoms with van der Waals surface area (Å²) in [5, 5.41) is 2.63. The minimum Gasteiger partial charge on any atom is -0.493 e. The smallest absolute Gasteiger partial charge is 0.493 e. The van der Waals surface area contributed by atoms with Gasteiger partial charge in [0.05, 0.1) is 7.11 Å². The number of hydrogen-bond donors (Lipinski definition) is 1. The second-order valence-corrected chi connectivity index (χ2v) is 5.67. The van der Waals surface area contributed by atoms with Crippen molar-refractivity contribution in [2.24, 2.45) is 0 Å². The molecular formula is C20H20F3NO4. The summed E-state index contributed by atoms with van der Waals surface area (Å²) < 4.78 is 50.9. The van der Waals surface area contributed by atoms with Crippen molar-refractivity contribution in [3.8, 4) is 17.2 Å². The molecule has 0 bridgehead atoms. The molecule has 150 valence electrons. The second kappa shape index (κ2) is 9.68. The van der Waals surface area contributed by atoms with Crippen molar-refractivity contribution in [2.45, 2.75) is 19.8 Å². The van der Waals surface area contributed by atoms with Gasteiger partial charge in [-0.1, -0.05) is 30.4 Å². The lowest BCUT2D eigenvalue weighted by atomic mass is 10.2. The highest BCUT2D eigenvalue weighted by molar-refractivity contribution is 5.77. The van der Waals surface area contributed by atoms with Crippen LogP contribution in [0.5, 0.6) is 17.2 Å². The summed E-state index contributed by atoms with van der Waals surface area (Å²) in [6.07, 6.45) is -0.937. The third kappa shape index (κ3) is 6.86. The van der Waals surface area contributed by atoms with Gasteiger partial charge in [-0.2, -0.15) is 0 Å². The molecule has 0 heterocycles. The molecule has 1 amide bonds. The van der Waals surface area contributed by atoms with E-state index in [4.69, 9.17) is 9.47 Å². The average Bonchev–Trinajstić information content (AvgIpc) is 2.65. The Kier molecular flexibility index (Phi) is 7.31. The molecule has 1 N–H and O–H groups in total. The fraction of sp³-hybridized carbons (Fsp3) is 0.250. The molecule has 0 unspecified atom stereocenters. The molecule has 0 saturated carbocycles. The van der Waals surface area contributed by atoms with Crippen molar-refractivity contribution >= 4 is 12.0 Å². The summed E-state index contributed by atoms with van der Waals surface area (Å²) in [5.74, 6) is 0.234. The highest BCUT2D eigenvalue weighted by Crippen LogP contribution is 2.28. The van der Waals surface area contributed by atoms with E-state index in [1.807, 2.05) is 25.1 Å². The monoisotopic (exact) mass is 395 g/mol. The predicted octanol–water partition coefficient (Wildman–Crippen LogP) is 4.32. The van der Waals surface area contributed by atoms with Gasteiger partial charge in [0, 0.05) is 6.54 Å². The van der Waals surface area contributed by atoms with E-state index in [1.54, 1.807) is 12.1 Å². The minimum absolute atomic E-state index is 0.145. The van der Waals surface area contributed by atoms with Crippen molar-refractivity contribution < 1.29 is 32.2 Å². The minimum atomic E-state index is -4.74. The van der Waals surface area contributed by atoms with E-state index < -0.39 is 6.36 Å². The second-order valence-electron chi connectivity index (χ2n) is 5.67. The first-order valence-corrected chi connectivity index (χ1v) is 8.35. The van der Waals surface area contributed by atoms with Gasteiger partial charge >= 0.3 is 6.36 Å². The van der Waals surface area contributed by atoms with E-state index in [-0.39, 0.29) is 24.8 Å². The van der Waals surface area contributed by atoms with Crippen LogP contribution in [0.25, 0.3) is 6.08 Å². The van der Waals surface area contributed by atoms with Crippen molar-refractivity contribution in [3.63, 3.8) is 0 Å². The van der Waals surface area contributed by atoms with Gasteiger partial charge in [0.1, 0.15) is 5.75 Å². The van der Waals surface area contributed by atoms with E-state index in [0.29, 0.717) is 17.1 Å². The van der Waals surface area contributed by atoms with Gasteiger partial charge in [-0.15, -0.1) is 13.2 Å². The molecule has 5 nitrogen and oxygen atoms in total. The van der Waals surface area contributed by atoms with Gasteiger partial charge in [-0.05, 0) is 42.3 Å². The molecule has 0 atom stereocenters. The summed E-state index contributed by atoms with van der Waals surface area (Å²) in [5.41, 5.74) is 1.56. The van der Waals surface area contributed by atoms with Crippen molar-refractivity contribution in [3.05, 3.63) is 59.7 Å². The molecule has 0 saturated heterocycles. The fourth-order valence-corrected chi connectivity index (χ4v) is 2.30. The number of halogens is 3. The van der Waals surface area contributed by atoms with Gasteiger partial charge in [0.2, 0.25) is 0 Å². The molecule has 0 aliphatic carbocycles. The maximum Gasteiger partial charge on any atom is 0.573 e. The Hall–Kier alpha value is -3.16. The number of carbonyl (C=O) groups is 1. The Bertz CT molecular complexity index is 817. The topological polar surface area (TPSA) is 56.8 Å². The number of benzene rings is 2. The molecule has 2 aromatic carbocycles. The number of hydrogen-bond acceptors (Lipinski definition) is 4. The van der Waals surface area contributed by atoms with E-state index in [9.17, 15) is 18.0 Å². The number of ether oxygens (including phenoxy) is 3. The summed E-state index contributed by atoms with van der Waals surface area (Å²) in [6, 6.07) is 10.6. The van der Waals surface area contributed by atoms with E-state index in [2.05, 4.69) is 10.1 Å². The SMILES string of the molecule is C/C=C/c1ccc(OCC(=O)NCc2ccc(OC(F)(F)F)cc2)c(OC)c1. The fourth-order valence-electron chi connectivity index (χ4n) is 2.30. The van der Waals surface area contributed by atoms with Crippen LogP contribution >= 0.6 is 0 Å². The summed E-state index contributed by atoms with van der Waals surface area (Å²) >= 11 is 0. The van der Waals surface area contributed by atoms with Crippen LogP contribution in [0.2, 0.25) is 0 Å². The van der Waals surface area contributed by atoms with Crippen LogP contribution in [-0.4, -0.2) is 26.0 Å². The third-order valence-electron chi connectivity index (χ3n) is 3.55. The van der Waals surface area contributed by atoms with E-state index in [0.717, 1.165) is 5.56 Å². The van der Waals surface area contributed by atoms with Crippen LogP contribution < -0.4 is 19.5 Å². The molecule has 28 heavy (non-hydrogen) atoms. The normalized spacial score (nSPS) is 11.3. The van der Waals surface area contributed by atoms with Crippen LogP contribution in [-0.2, 0) is 11.3 Å². The number of nitrogens with one attached hydrogen (secondary N) is 1. The Balaban J connectivity index is 1.84. The highest BCUT2D eigenvalue weighted by atomic mass is 19.4. The van der Waals surface area contributed by atoms with Crippen molar-refractivity contribution in [1.29, 1.82) is 0 Å². The van der Waals surface area contributed by atoms with Crippen LogP contribution in [0.1, 0.15) is 18.1 Å². The Labute approximate surface area is 160 Å². The zero-order valence-corrected chi connectivity index (χ0v) is 15.4. The number of methoxy groups -OCH3 is 1. The molecule has 8 heteroatoms. The Morgan fingerprint density at radius 2 is 1.82 bits per heavy atom. The van der Waals surface area contributed by atoms with Gasteiger partial charge in [-0.25, -0.2) is 0 Å². The summed E-state index contributed by atoms with van der Waals surface area (Å²) in [4.78, 5) is 12.0. The molecule has 0 aliphatic rings. The maximum atomic E-state index is 12.1. The molecule has 0 aliphatic heterocycles. The third-order valence-corrected chi connectivity index (χ3v) is 3.55. The number of amides is 1. The molecule has 0 radical (unpaired) electrons. The standard InChI is InChI=1S/C20H20F3NO4/c1-3-4-14-7-10-17(18(11-14)26-2)27-13-19(25)24-12-15-5-8-16(9-6-15)28-20(21,22)23/h3-11H,12-13H2,1-2H3,(H,24,25)/b4-3+. The molecule has 0 spiro atoms. The largest absolute Gasteiger partial charge is 0.573 e. The maximum absolute atomic E-state index is 12.1. The quantitative estimate of drug-likeness (QED) is 0.723. The van der Waals surface area contributed by atoms with Crippen LogP contribution in [0.3, 0.4) is 0 Å². The molecule has 0 fully saturated rings. The zero-order chi connectivity index (χ0) is 20.6. The van der Waals surface area contributed by atoms with Gasteiger partial charge in [0.15, 0.2) is 18.1 Å². The number of rotatable bonds is 8. The van der Waals surface area contributed by atoms with Crippen LogP contribution in [0, 0.1) is 0 Å². The lowest BCUT2D eigenvalue weighted by molar-refractivity contribution is -0.274. The van der Waals surface area contributed by atoms with E-state index >= 15 is 0 Å². The van der Waals surface area contributed by atoms with Crippen LogP contribution in [0.15, 0.2) is 48.5 Å². The first-order valence-electron chi connectivity index (χ1n) is 8.35. The number of allylic oxidation sites excluding steroid dienone is 1. The lowest BCUT2D eigenvalue weighted by Crippen LogP contribution is -2.28. The molecule has 2 rings (SSSR count). The number of alkyl halides is 3. The first kappa shape index (κ1) is 21.1. The molecular weight excluding hydrogens is 375 g/mol. The van der Waals surface area contributed by atoms with Crippen molar-refractivity contribution in [1.82, 2.24) is 5.32 Å². The van der Waals surface area contributed by atoms with Crippen molar-refractivity contribution in [2.75, 3.05) is 13.7 Å². The van der Waals surface area contributed by atoms with Gasteiger partial charge in [0.25, 0.3) is 5.91 Å². The highest BCUT2D eigenvalue weighted by Gasteiger charge is 2.30. The Morgan fingerprint density at radius 1 is 1.11 bits per heavy atom. The Morgan fingerprint density at radius 3 is 2.43 bits per heavy atom. The first-order chi connectivity index (χ1) is 13.3. The average molecular weight is 395 g/mol. The predicted molar refractivity (Wildman–Crippen MR) is 98.2 cm³/mol. The van der Waals surface area contributed by atoms with E-state index in [1.165, 1.54) is 31.4 Å². The summed E-state index contributed by atoms with van der Waals surface area (Å²) in [6.45, 7) is 1.82. The molecule has 0 aromatic heterocycles. The van der Waals surface area contributed by atoms with Gasteiger partial charge < -0.3 is 19.5 Å².